The van der Waals surface area contributed by atoms with E-state index in [0.29, 0.717) is 35.3 Å². The summed E-state index contributed by atoms with van der Waals surface area (Å²) in [5.41, 5.74) is 19.4. The molecule has 0 bridgehead atoms. The molecule has 0 spiro atoms. The van der Waals surface area contributed by atoms with Crippen LogP contribution in [0, 0.1) is 22.7 Å². The van der Waals surface area contributed by atoms with Gasteiger partial charge < -0.3 is 14.5 Å². The first kappa shape index (κ1) is 41.9. The fourth-order valence-corrected chi connectivity index (χ4v) is 11.5. The Morgan fingerprint density at radius 2 is 0.623 bits per heavy atom. The molecular weight excluding hydrogens is 841 g/mol. The van der Waals surface area contributed by atoms with Gasteiger partial charge in [-0.2, -0.15) is 10.5 Å². The van der Waals surface area contributed by atoms with Crippen LogP contribution in [-0.2, 0) is 28.8 Å². The highest BCUT2D eigenvalue weighted by Gasteiger charge is 2.51. The summed E-state index contributed by atoms with van der Waals surface area (Å²) < 4.78 is 7.26. The first-order valence-electron chi connectivity index (χ1n) is 23.7. The van der Waals surface area contributed by atoms with Crippen LogP contribution in [-0.4, -0.2) is 0 Å². The number of benzene rings is 9. The van der Waals surface area contributed by atoms with Gasteiger partial charge in [-0.1, -0.05) is 146 Å². The van der Waals surface area contributed by atoms with Crippen molar-refractivity contribution in [1.29, 1.82) is 10.5 Å². The van der Waals surface area contributed by atoms with E-state index in [0.717, 1.165) is 101 Å². The molecule has 5 heteroatoms. The molecule has 0 aromatic heterocycles. The zero-order chi connectivity index (χ0) is 47.0. The van der Waals surface area contributed by atoms with Gasteiger partial charge in [-0.05, 0) is 143 Å². The van der Waals surface area contributed by atoms with Crippen LogP contribution in [0.4, 0.5) is 34.1 Å². The normalized spacial score (nSPS) is 14.6. The van der Waals surface area contributed by atoms with Gasteiger partial charge in [0, 0.05) is 46.7 Å². The van der Waals surface area contributed by atoms with Crippen molar-refractivity contribution >= 4 is 34.1 Å². The van der Waals surface area contributed by atoms with Crippen molar-refractivity contribution in [2.24, 2.45) is 0 Å². The smallest absolute Gasteiger partial charge is 0.103 e. The maximum atomic E-state index is 11.8. The van der Waals surface area contributed by atoms with Gasteiger partial charge in [-0.25, -0.2) is 0 Å². The molecule has 0 radical (unpaired) electrons. The third kappa shape index (κ3) is 6.85. The van der Waals surface area contributed by atoms with E-state index in [1.165, 1.54) is 0 Å². The Morgan fingerprint density at radius 1 is 0.362 bits per heavy atom. The number of ether oxygens (including phenoxy) is 1. The van der Waals surface area contributed by atoms with Crippen molar-refractivity contribution in [3.63, 3.8) is 0 Å². The third-order valence-electron chi connectivity index (χ3n) is 14.3. The van der Waals surface area contributed by atoms with Gasteiger partial charge in [0.05, 0.1) is 33.7 Å². The van der Waals surface area contributed by atoms with E-state index in [-0.39, 0.29) is 0 Å². The molecule has 0 aliphatic carbocycles. The van der Waals surface area contributed by atoms with Crippen molar-refractivity contribution in [3.8, 4) is 56.6 Å². The van der Waals surface area contributed by atoms with E-state index in [4.69, 9.17) is 4.74 Å². The quantitative estimate of drug-likeness (QED) is 0.166. The number of hydrogen-bond donors (Lipinski definition) is 0. The van der Waals surface area contributed by atoms with Crippen LogP contribution >= 0.6 is 0 Å². The molecule has 9 aromatic rings. The SMILES string of the molecule is CC1(C)OC(C)(C)c2c(N3c4ccc(-c5ccccc5)cc4Cc4cc(-c5ccccc5)ccc43)c(C#N)c(C#N)c(N3c4ccc(-c5ccccc5)cc4Cc4cc(-c5ccccc5)ccc43)c21. The molecule has 0 atom stereocenters. The molecule has 9 aromatic carbocycles. The van der Waals surface area contributed by atoms with Gasteiger partial charge in [0.2, 0.25) is 0 Å². The van der Waals surface area contributed by atoms with Gasteiger partial charge in [0.25, 0.3) is 0 Å². The summed E-state index contributed by atoms with van der Waals surface area (Å²) in [6, 6.07) is 73.9. The molecule has 3 aliphatic rings. The summed E-state index contributed by atoms with van der Waals surface area (Å²) >= 11 is 0. The summed E-state index contributed by atoms with van der Waals surface area (Å²) in [6.07, 6.45) is 1.39. The van der Waals surface area contributed by atoms with Crippen LogP contribution in [0.5, 0.6) is 0 Å². The average molecular weight is 889 g/mol. The minimum atomic E-state index is -0.885. The molecule has 5 nitrogen and oxygen atoms in total. The second-order valence-electron chi connectivity index (χ2n) is 19.4. The van der Waals surface area contributed by atoms with E-state index in [9.17, 15) is 10.5 Å². The standard InChI is InChI=1S/C64H48N4O/c1-63(2)59-60(64(3,4)69-63)62(68-57-31-27-47(43-21-13-7-14-22-43)35-51(57)38-52-36-48(28-32-58(52)68)44-23-15-8-16-24-44)54(40-66)53(39-65)61(59)67-55-29-25-45(41-17-9-5-10-18-41)33-49(55)37-50-34-46(26-30-56(50)67)42-19-11-6-12-20-42/h5-36H,37-38H2,1-4H3. The molecule has 0 amide bonds. The highest BCUT2D eigenvalue weighted by atomic mass is 16.5. The van der Waals surface area contributed by atoms with Gasteiger partial charge in [0.15, 0.2) is 0 Å². The van der Waals surface area contributed by atoms with Crippen LogP contribution in [0.2, 0.25) is 0 Å². The number of nitriles is 2. The number of nitrogens with zero attached hydrogens (tertiary/aromatic N) is 4. The van der Waals surface area contributed by atoms with Crippen molar-refractivity contribution < 1.29 is 4.74 Å². The summed E-state index contributed by atoms with van der Waals surface area (Å²) in [5.74, 6) is 0. The van der Waals surface area contributed by atoms with Gasteiger partial charge in [-0.3, -0.25) is 0 Å². The van der Waals surface area contributed by atoms with Crippen LogP contribution in [0.25, 0.3) is 44.5 Å². The van der Waals surface area contributed by atoms with Crippen molar-refractivity contribution in [2.75, 3.05) is 9.80 Å². The molecule has 3 heterocycles. The maximum Gasteiger partial charge on any atom is 0.103 e. The summed E-state index contributed by atoms with van der Waals surface area (Å²) in [4.78, 5) is 4.53. The van der Waals surface area contributed by atoms with Gasteiger partial charge >= 0.3 is 0 Å². The van der Waals surface area contributed by atoms with Gasteiger partial charge in [-0.15, -0.1) is 0 Å². The second-order valence-corrected chi connectivity index (χ2v) is 19.4. The molecule has 3 aliphatic heterocycles. The largest absolute Gasteiger partial charge is 0.360 e. The van der Waals surface area contributed by atoms with Crippen LogP contribution in [0.1, 0.15) is 72.2 Å². The number of hydrogen-bond acceptors (Lipinski definition) is 5. The fourth-order valence-electron chi connectivity index (χ4n) is 11.5. The minimum absolute atomic E-state index is 0.314. The zero-order valence-electron chi connectivity index (χ0n) is 39.1. The van der Waals surface area contributed by atoms with E-state index < -0.39 is 11.2 Å². The number of fused-ring (bicyclic) bond motifs is 5. The number of rotatable bonds is 6. The summed E-state index contributed by atoms with van der Waals surface area (Å²) in [6.45, 7) is 8.45. The molecular formula is C64H48N4O. The molecule has 12 rings (SSSR count). The van der Waals surface area contributed by atoms with E-state index in [1.807, 2.05) is 24.3 Å². The highest BCUT2D eigenvalue weighted by Crippen LogP contribution is 2.62. The lowest BCUT2D eigenvalue weighted by molar-refractivity contribution is -0.104. The molecule has 0 unspecified atom stereocenters. The Morgan fingerprint density at radius 3 is 0.870 bits per heavy atom. The average Bonchev–Trinajstić information content (AvgIpc) is 3.59. The van der Waals surface area contributed by atoms with E-state index >= 15 is 0 Å². The zero-order valence-corrected chi connectivity index (χ0v) is 39.1. The topological polar surface area (TPSA) is 63.3 Å². The Labute approximate surface area is 404 Å². The predicted molar refractivity (Wildman–Crippen MR) is 280 cm³/mol. The maximum absolute atomic E-state index is 11.8. The van der Waals surface area contributed by atoms with E-state index in [1.54, 1.807) is 0 Å². The molecule has 0 N–H and O–H groups in total. The molecule has 330 valence electrons. The van der Waals surface area contributed by atoms with Crippen LogP contribution in [0.3, 0.4) is 0 Å². The molecule has 0 saturated heterocycles. The fraction of sp³-hybridized carbons (Fsp3) is 0.125. The summed E-state index contributed by atoms with van der Waals surface area (Å²) in [7, 11) is 0. The first-order chi connectivity index (χ1) is 33.6. The van der Waals surface area contributed by atoms with Crippen molar-refractivity contribution in [1.82, 2.24) is 0 Å². The van der Waals surface area contributed by atoms with Crippen molar-refractivity contribution in [2.45, 2.75) is 51.7 Å². The lowest BCUT2D eigenvalue weighted by Gasteiger charge is -2.40. The first-order valence-corrected chi connectivity index (χ1v) is 23.7. The van der Waals surface area contributed by atoms with Crippen LogP contribution in [0.15, 0.2) is 194 Å². The lowest BCUT2D eigenvalue weighted by atomic mass is 9.80. The van der Waals surface area contributed by atoms with Crippen molar-refractivity contribution in [3.05, 3.63) is 239 Å². The second kappa shape index (κ2) is 16.1. The molecule has 0 fully saturated rings. The molecule has 0 saturated carbocycles. The Kier molecular flexibility index (Phi) is 9.78. The summed E-state index contributed by atoms with van der Waals surface area (Å²) in [5, 5.41) is 23.7. The van der Waals surface area contributed by atoms with Crippen LogP contribution < -0.4 is 9.80 Å². The Balaban J connectivity index is 1.15. The number of anilines is 6. The molecule has 69 heavy (non-hydrogen) atoms. The highest BCUT2D eigenvalue weighted by molar-refractivity contribution is 5.98. The monoisotopic (exact) mass is 888 g/mol. The predicted octanol–water partition coefficient (Wildman–Crippen LogP) is 16.3. The third-order valence-corrected chi connectivity index (χ3v) is 14.3. The van der Waals surface area contributed by atoms with Gasteiger partial charge in [0.1, 0.15) is 12.1 Å². The Bertz CT molecular complexity index is 3190. The van der Waals surface area contributed by atoms with E-state index in [2.05, 4.69) is 219 Å². The minimum Gasteiger partial charge on any atom is -0.360 e. The Hall–Kier alpha value is -8.48. The lowest BCUT2D eigenvalue weighted by Crippen LogP contribution is -2.27.